The van der Waals surface area contributed by atoms with Crippen LogP contribution in [0, 0.1) is 0 Å². The summed E-state index contributed by atoms with van der Waals surface area (Å²) in [6, 6.07) is -0.277. The third-order valence-electron chi connectivity index (χ3n) is 2.06. The summed E-state index contributed by atoms with van der Waals surface area (Å²) in [6.45, 7) is 1.71. The number of carbonyl (C=O) groups excluding carboxylic acids is 1. The SMILES string of the molecule is COC1C(C)NC(=O)C(O)C1O. The van der Waals surface area contributed by atoms with Crippen LogP contribution in [0.4, 0.5) is 0 Å². The van der Waals surface area contributed by atoms with Gasteiger partial charge in [-0.05, 0) is 6.92 Å². The monoisotopic (exact) mass is 175 g/mol. The molecule has 0 aromatic carbocycles. The van der Waals surface area contributed by atoms with Crippen molar-refractivity contribution in [1.29, 1.82) is 0 Å². The van der Waals surface area contributed by atoms with E-state index in [1.165, 1.54) is 7.11 Å². The van der Waals surface area contributed by atoms with Crippen molar-refractivity contribution in [2.75, 3.05) is 7.11 Å². The Morgan fingerprint density at radius 1 is 1.50 bits per heavy atom. The second kappa shape index (κ2) is 3.38. The minimum absolute atomic E-state index is 0.277. The van der Waals surface area contributed by atoms with Crippen molar-refractivity contribution < 1.29 is 19.7 Å². The van der Waals surface area contributed by atoms with Crippen LogP contribution in [0.2, 0.25) is 0 Å². The molecule has 3 N–H and O–H groups in total. The molecule has 5 nitrogen and oxygen atoms in total. The van der Waals surface area contributed by atoms with E-state index >= 15 is 0 Å². The minimum atomic E-state index is -1.38. The lowest BCUT2D eigenvalue weighted by molar-refractivity contribution is -0.155. The highest BCUT2D eigenvalue weighted by Crippen LogP contribution is 2.13. The van der Waals surface area contributed by atoms with Crippen molar-refractivity contribution in [3.05, 3.63) is 0 Å². The van der Waals surface area contributed by atoms with E-state index in [4.69, 9.17) is 9.84 Å². The second-order valence-electron chi connectivity index (χ2n) is 2.93. The number of carbonyl (C=O) groups is 1. The molecule has 1 rings (SSSR count). The highest BCUT2D eigenvalue weighted by atomic mass is 16.5. The van der Waals surface area contributed by atoms with Crippen LogP contribution in [-0.2, 0) is 9.53 Å². The fourth-order valence-electron chi connectivity index (χ4n) is 1.37. The molecule has 1 aliphatic rings. The molecule has 4 atom stereocenters. The largest absolute Gasteiger partial charge is 0.387 e. The Labute approximate surface area is 70.3 Å². The Balaban J connectivity index is 2.72. The summed E-state index contributed by atoms with van der Waals surface area (Å²) in [5.41, 5.74) is 0. The maximum atomic E-state index is 10.9. The Hall–Kier alpha value is -0.650. The van der Waals surface area contributed by atoms with E-state index in [1.54, 1.807) is 6.92 Å². The molecule has 1 fully saturated rings. The van der Waals surface area contributed by atoms with Crippen LogP contribution in [0.1, 0.15) is 6.92 Å². The number of rotatable bonds is 1. The van der Waals surface area contributed by atoms with Crippen LogP contribution >= 0.6 is 0 Å². The average Bonchev–Trinajstić information content (AvgIpc) is 2.01. The van der Waals surface area contributed by atoms with Gasteiger partial charge in [-0.3, -0.25) is 4.79 Å². The molecule has 0 radical (unpaired) electrons. The van der Waals surface area contributed by atoms with Crippen LogP contribution < -0.4 is 5.32 Å². The predicted octanol–water partition coefficient (Wildman–Crippen LogP) is -1.76. The standard InChI is InChI=1S/C7H13NO4/c1-3-6(12-2)4(9)5(10)7(11)8-3/h3-6,9-10H,1-2H3,(H,8,11). The van der Waals surface area contributed by atoms with Crippen molar-refractivity contribution in [2.45, 2.75) is 31.3 Å². The van der Waals surface area contributed by atoms with E-state index in [2.05, 4.69) is 5.32 Å². The molecule has 0 spiro atoms. The van der Waals surface area contributed by atoms with Gasteiger partial charge in [0, 0.05) is 7.11 Å². The summed E-state index contributed by atoms with van der Waals surface area (Å²) in [5, 5.41) is 21.0. The van der Waals surface area contributed by atoms with Crippen LogP contribution in [0.25, 0.3) is 0 Å². The maximum absolute atomic E-state index is 10.9. The number of piperidine rings is 1. The van der Waals surface area contributed by atoms with Gasteiger partial charge in [-0.25, -0.2) is 0 Å². The van der Waals surface area contributed by atoms with Crippen LogP contribution in [0.5, 0.6) is 0 Å². The third kappa shape index (κ3) is 1.43. The van der Waals surface area contributed by atoms with E-state index in [9.17, 15) is 9.90 Å². The molecule has 0 aliphatic carbocycles. The maximum Gasteiger partial charge on any atom is 0.251 e. The van der Waals surface area contributed by atoms with Gasteiger partial charge < -0.3 is 20.3 Å². The molecule has 0 bridgehead atoms. The lowest BCUT2D eigenvalue weighted by Gasteiger charge is -2.35. The van der Waals surface area contributed by atoms with Gasteiger partial charge in [-0.15, -0.1) is 0 Å². The van der Waals surface area contributed by atoms with Gasteiger partial charge in [-0.1, -0.05) is 0 Å². The zero-order chi connectivity index (χ0) is 9.30. The summed E-state index contributed by atoms with van der Waals surface area (Å²) < 4.78 is 4.91. The zero-order valence-electron chi connectivity index (χ0n) is 7.02. The lowest BCUT2D eigenvalue weighted by atomic mass is 9.96. The van der Waals surface area contributed by atoms with Crippen molar-refractivity contribution in [1.82, 2.24) is 5.32 Å². The molecule has 1 saturated heterocycles. The first-order valence-electron chi connectivity index (χ1n) is 3.77. The minimum Gasteiger partial charge on any atom is -0.387 e. The van der Waals surface area contributed by atoms with Crippen LogP contribution in [-0.4, -0.2) is 47.6 Å². The van der Waals surface area contributed by atoms with Gasteiger partial charge in [0.05, 0.1) is 6.04 Å². The topological polar surface area (TPSA) is 78.8 Å². The molecule has 70 valence electrons. The van der Waals surface area contributed by atoms with E-state index < -0.39 is 24.2 Å². The second-order valence-corrected chi connectivity index (χ2v) is 2.93. The number of amides is 1. The molecule has 0 saturated carbocycles. The Bertz CT molecular complexity index is 184. The molecule has 12 heavy (non-hydrogen) atoms. The first-order chi connectivity index (χ1) is 5.57. The number of hydrogen-bond donors (Lipinski definition) is 3. The van der Waals surface area contributed by atoms with Gasteiger partial charge >= 0.3 is 0 Å². The normalized spacial score (nSPS) is 42.5. The number of aliphatic hydroxyl groups excluding tert-OH is 2. The van der Waals surface area contributed by atoms with Crippen molar-refractivity contribution in [3.63, 3.8) is 0 Å². The third-order valence-corrected chi connectivity index (χ3v) is 2.06. The summed E-state index contributed by atoms with van der Waals surface area (Å²) in [6.07, 6.45) is -3.07. The Morgan fingerprint density at radius 3 is 2.58 bits per heavy atom. The van der Waals surface area contributed by atoms with Gasteiger partial charge in [0.15, 0.2) is 6.10 Å². The highest BCUT2D eigenvalue weighted by Gasteiger charge is 2.40. The Kier molecular flexibility index (Phi) is 2.66. The summed E-state index contributed by atoms with van der Waals surface area (Å²) in [7, 11) is 1.43. The van der Waals surface area contributed by atoms with E-state index in [1.807, 2.05) is 0 Å². The van der Waals surface area contributed by atoms with Gasteiger partial charge in [0.1, 0.15) is 12.2 Å². The van der Waals surface area contributed by atoms with E-state index in [0.717, 1.165) is 0 Å². The number of ether oxygens (including phenoxy) is 1. The Morgan fingerprint density at radius 2 is 2.08 bits per heavy atom. The number of hydrogen-bond acceptors (Lipinski definition) is 4. The van der Waals surface area contributed by atoms with Crippen LogP contribution in [0.3, 0.4) is 0 Å². The first kappa shape index (κ1) is 9.44. The first-order valence-corrected chi connectivity index (χ1v) is 3.77. The fourth-order valence-corrected chi connectivity index (χ4v) is 1.37. The summed E-state index contributed by atoms with van der Waals surface area (Å²) in [4.78, 5) is 10.9. The molecular weight excluding hydrogens is 162 g/mol. The number of nitrogens with one attached hydrogen (secondary N) is 1. The molecule has 1 amide bonds. The number of methoxy groups -OCH3 is 1. The molecular formula is C7H13NO4. The molecule has 5 heteroatoms. The smallest absolute Gasteiger partial charge is 0.251 e. The molecule has 0 aromatic heterocycles. The van der Waals surface area contributed by atoms with Crippen molar-refractivity contribution in [3.8, 4) is 0 Å². The van der Waals surface area contributed by atoms with Crippen molar-refractivity contribution >= 4 is 5.91 Å². The van der Waals surface area contributed by atoms with E-state index in [0.29, 0.717) is 0 Å². The summed E-state index contributed by atoms with van der Waals surface area (Å²) >= 11 is 0. The number of aliphatic hydroxyl groups is 2. The average molecular weight is 175 g/mol. The fraction of sp³-hybridized carbons (Fsp3) is 0.857. The molecule has 1 aliphatic heterocycles. The quantitative estimate of drug-likeness (QED) is 0.441. The lowest BCUT2D eigenvalue weighted by Crippen LogP contribution is -2.62. The van der Waals surface area contributed by atoms with E-state index in [-0.39, 0.29) is 6.04 Å². The van der Waals surface area contributed by atoms with Gasteiger partial charge in [0.25, 0.3) is 5.91 Å². The summed E-state index contributed by atoms with van der Waals surface area (Å²) in [5.74, 6) is -0.552. The molecule has 4 unspecified atom stereocenters. The van der Waals surface area contributed by atoms with Gasteiger partial charge in [0.2, 0.25) is 0 Å². The molecule has 1 heterocycles. The zero-order valence-corrected chi connectivity index (χ0v) is 7.02. The van der Waals surface area contributed by atoms with Crippen molar-refractivity contribution in [2.24, 2.45) is 0 Å². The van der Waals surface area contributed by atoms with Crippen LogP contribution in [0.15, 0.2) is 0 Å². The predicted molar refractivity (Wildman–Crippen MR) is 40.4 cm³/mol. The van der Waals surface area contributed by atoms with Gasteiger partial charge in [-0.2, -0.15) is 0 Å². The highest BCUT2D eigenvalue weighted by molar-refractivity contribution is 5.82. The molecule has 0 aromatic rings.